The standard InChI is InChI=1S/C26H25F2N5O/c1-31(2)26(34)22-12-16-7-4-5-9-19(16)25(30-22)33-10-6-8-17-11-20(18-14-29-32(3)15-18)21(24(27)28)13-23(17)33/h4-5,7,9,11-15,24H,6,8,10H2,1-3H3. The van der Waals surface area contributed by atoms with Crippen molar-refractivity contribution < 1.29 is 13.6 Å². The van der Waals surface area contributed by atoms with E-state index >= 15 is 0 Å². The molecule has 2 aromatic heterocycles. The first-order valence-corrected chi connectivity index (χ1v) is 11.2. The highest BCUT2D eigenvalue weighted by Gasteiger charge is 2.27. The Labute approximate surface area is 196 Å². The molecule has 8 heteroatoms. The van der Waals surface area contributed by atoms with Crippen LogP contribution in [0.1, 0.15) is 34.5 Å². The van der Waals surface area contributed by atoms with E-state index in [0.717, 1.165) is 29.2 Å². The Bertz CT molecular complexity index is 1400. The number of alkyl halides is 2. The molecule has 0 radical (unpaired) electrons. The van der Waals surface area contributed by atoms with E-state index < -0.39 is 6.43 Å². The van der Waals surface area contributed by atoms with Gasteiger partial charge in [0.25, 0.3) is 12.3 Å². The summed E-state index contributed by atoms with van der Waals surface area (Å²) in [6.07, 6.45) is 2.33. The molecule has 3 heterocycles. The largest absolute Gasteiger partial charge is 0.343 e. The summed E-state index contributed by atoms with van der Waals surface area (Å²) in [4.78, 5) is 21.0. The lowest BCUT2D eigenvalue weighted by Gasteiger charge is -2.32. The van der Waals surface area contributed by atoms with Gasteiger partial charge in [-0.05, 0) is 47.6 Å². The second kappa shape index (κ2) is 8.52. The number of fused-ring (bicyclic) bond motifs is 2. The predicted molar refractivity (Wildman–Crippen MR) is 129 cm³/mol. The van der Waals surface area contributed by atoms with Crippen molar-refractivity contribution in [1.82, 2.24) is 19.7 Å². The summed E-state index contributed by atoms with van der Waals surface area (Å²) in [6, 6.07) is 12.9. The van der Waals surface area contributed by atoms with Crippen molar-refractivity contribution in [3.05, 3.63) is 71.7 Å². The smallest absolute Gasteiger partial charge is 0.272 e. The van der Waals surface area contributed by atoms with Gasteiger partial charge >= 0.3 is 0 Å². The Hall–Kier alpha value is -3.81. The van der Waals surface area contributed by atoms with Crippen LogP contribution in [0.5, 0.6) is 0 Å². The molecule has 4 aromatic rings. The van der Waals surface area contributed by atoms with Crippen molar-refractivity contribution in [3.8, 4) is 11.1 Å². The van der Waals surface area contributed by atoms with Gasteiger partial charge in [0.15, 0.2) is 0 Å². The van der Waals surface area contributed by atoms with Crippen molar-refractivity contribution in [1.29, 1.82) is 0 Å². The average Bonchev–Trinajstić information content (AvgIpc) is 3.27. The Balaban J connectivity index is 1.71. The normalized spacial score (nSPS) is 13.4. The molecule has 0 saturated heterocycles. The van der Waals surface area contributed by atoms with Crippen molar-refractivity contribution in [2.24, 2.45) is 7.05 Å². The molecule has 6 nitrogen and oxygen atoms in total. The predicted octanol–water partition coefficient (Wildman–Crippen LogP) is 5.36. The van der Waals surface area contributed by atoms with Gasteiger partial charge in [-0.2, -0.15) is 5.10 Å². The molecule has 0 atom stereocenters. The number of rotatable bonds is 4. The zero-order valence-corrected chi connectivity index (χ0v) is 19.3. The number of carbonyl (C=O) groups excluding carboxylic acids is 1. The van der Waals surface area contributed by atoms with E-state index in [0.29, 0.717) is 34.9 Å². The van der Waals surface area contributed by atoms with E-state index in [-0.39, 0.29) is 11.5 Å². The molecule has 174 valence electrons. The lowest BCUT2D eigenvalue weighted by atomic mass is 9.93. The van der Waals surface area contributed by atoms with Gasteiger partial charge in [-0.15, -0.1) is 0 Å². The summed E-state index contributed by atoms with van der Waals surface area (Å²) in [5, 5.41) is 5.91. The van der Waals surface area contributed by atoms with E-state index in [4.69, 9.17) is 4.98 Å². The quantitative estimate of drug-likeness (QED) is 0.411. The van der Waals surface area contributed by atoms with E-state index in [2.05, 4.69) is 5.10 Å². The van der Waals surface area contributed by atoms with Gasteiger partial charge < -0.3 is 9.80 Å². The minimum atomic E-state index is -2.64. The highest BCUT2D eigenvalue weighted by atomic mass is 19.3. The summed E-state index contributed by atoms with van der Waals surface area (Å²) < 4.78 is 30.1. The van der Waals surface area contributed by atoms with E-state index in [1.54, 1.807) is 50.4 Å². The lowest BCUT2D eigenvalue weighted by molar-refractivity contribution is 0.0822. The molecule has 0 unspecified atom stereocenters. The third-order valence-electron chi connectivity index (χ3n) is 6.22. The second-order valence-electron chi connectivity index (χ2n) is 8.78. The number of halogens is 2. The van der Waals surface area contributed by atoms with Crippen molar-refractivity contribution in [2.45, 2.75) is 19.3 Å². The summed E-state index contributed by atoms with van der Waals surface area (Å²) in [6.45, 7) is 0.624. The van der Waals surface area contributed by atoms with Gasteiger partial charge in [0.05, 0.1) is 6.20 Å². The monoisotopic (exact) mass is 461 g/mol. The molecule has 0 aliphatic carbocycles. The third kappa shape index (κ3) is 3.79. The van der Waals surface area contributed by atoms with Gasteiger partial charge in [0.1, 0.15) is 11.5 Å². The fourth-order valence-electron chi connectivity index (χ4n) is 4.58. The summed E-state index contributed by atoms with van der Waals surface area (Å²) in [5.74, 6) is 0.406. The van der Waals surface area contributed by atoms with Gasteiger partial charge in [-0.25, -0.2) is 13.8 Å². The van der Waals surface area contributed by atoms with Crippen LogP contribution in [-0.4, -0.2) is 46.2 Å². The molecule has 1 aliphatic rings. The van der Waals surface area contributed by atoms with E-state index in [1.165, 1.54) is 4.90 Å². The average molecular weight is 462 g/mol. The number of amides is 1. The topological polar surface area (TPSA) is 54.3 Å². The number of anilines is 2. The molecule has 34 heavy (non-hydrogen) atoms. The fourth-order valence-corrected chi connectivity index (χ4v) is 4.58. The minimum Gasteiger partial charge on any atom is -0.343 e. The van der Waals surface area contributed by atoms with Crippen LogP contribution in [0.3, 0.4) is 0 Å². The maximum absolute atomic E-state index is 14.2. The molecular weight excluding hydrogens is 436 g/mol. The van der Waals surface area contributed by atoms with Gasteiger partial charge in [-0.1, -0.05) is 24.3 Å². The zero-order valence-electron chi connectivity index (χ0n) is 19.3. The van der Waals surface area contributed by atoms with Gasteiger partial charge in [0, 0.05) is 56.1 Å². The maximum atomic E-state index is 14.2. The molecule has 1 amide bonds. The highest BCUT2D eigenvalue weighted by molar-refractivity contribution is 6.01. The van der Waals surface area contributed by atoms with Crippen LogP contribution in [0.4, 0.5) is 20.3 Å². The second-order valence-corrected chi connectivity index (χ2v) is 8.78. The van der Waals surface area contributed by atoms with Crippen LogP contribution < -0.4 is 4.90 Å². The third-order valence-corrected chi connectivity index (χ3v) is 6.22. The van der Waals surface area contributed by atoms with Crippen molar-refractivity contribution in [3.63, 3.8) is 0 Å². The Morgan fingerprint density at radius 3 is 2.65 bits per heavy atom. The zero-order chi connectivity index (χ0) is 24.0. The fraction of sp³-hybridized carbons (Fsp3) is 0.269. The molecule has 0 saturated carbocycles. The van der Waals surface area contributed by atoms with Gasteiger partial charge in [-0.3, -0.25) is 9.48 Å². The number of carbonyl (C=O) groups is 1. The number of hydrogen-bond acceptors (Lipinski definition) is 4. The van der Waals surface area contributed by atoms with Crippen LogP contribution in [0.25, 0.3) is 21.9 Å². The van der Waals surface area contributed by atoms with Crippen molar-refractivity contribution in [2.75, 3.05) is 25.5 Å². The molecule has 1 aliphatic heterocycles. The highest BCUT2D eigenvalue weighted by Crippen LogP contribution is 2.42. The summed E-state index contributed by atoms with van der Waals surface area (Å²) in [7, 11) is 5.14. The van der Waals surface area contributed by atoms with Crippen LogP contribution in [0, 0.1) is 0 Å². The Kier molecular flexibility index (Phi) is 5.51. The van der Waals surface area contributed by atoms with Gasteiger partial charge in [0.2, 0.25) is 0 Å². The van der Waals surface area contributed by atoms with Crippen LogP contribution in [-0.2, 0) is 13.5 Å². The minimum absolute atomic E-state index is 0.0384. The number of benzene rings is 2. The van der Waals surface area contributed by atoms with E-state index in [9.17, 15) is 13.6 Å². The van der Waals surface area contributed by atoms with Crippen molar-refractivity contribution >= 4 is 28.2 Å². The number of nitrogens with zero attached hydrogens (tertiary/aromatic N) is 5. The Morgan fingerprint density at radius 1 is 1.15 bits per heavy atom. The SMILES string of the molecule is CN(C)C(=O)c1cc2ccccc2c(N2CCCc3cc(-c4cnn(C)c4)c(C(F)F)cc32)n1. The number of aryl methyl sites for hydroxylation is 2. The molecule has 0 N–H and O–H groups in total. The van der Waals surface area contributed by atoms with Crippen LogP contribution in [0.2, 0.25) is 0 Å². The molecule has 0 bridgehead atoms. The number of pyridine rings is 1. The summed E-state index contributed by atoms with van der Waals surface area (Å²) >= 11 is 0. The van der Waals surface area contributed by atoms with Crippen LogP contribution >= 0.6 is 0 Å². The number of aromatic nitrogens is 3. The first-order chi connectivity index (χ1) is 16.3. The molecular formula is C26H25F2N5O. The molecule has 5 rings (SSSR count). The first kappa shape index (κ1) is 22.0. The van der Waals surface area contributed by atoms with E-state index in [1.807, 2.05) is 35.2 Å². The Morgan fingerprint density at radius 2 is 1.94 bits per heavy atom. The molecule has 2 aromatic carbocycles. The molecule has 0 fully saturated rings. The molecule has 0 spiro atoms. The first-order valence-electron chi connectivity index (χ1n) is 11.2. The summed E-state index contributed by atoms with van der Waals surface area (Å²) in [5.41, 5.74) is 3.14. The lowest BCUT2D eigenvalue weighted by Crippen LogP contribution is -2.28. The number of hydrogen-bond donors (Lipinski definition) is 0. The maximum Gasteiger partial charge on any atom is 0.272 e. The van der Waals surface area contributed by atoms with Crippen LogP contribution in [0.15, 0.2) is 54.9 Å².